The Kier molecular flexibility index (Phi) is 6.87. The number of allylic oxidation sites excluding steroid dienone is 1. The van der Waals surface area contributed by atoms with Crippen LogP contribution in [0.2, 0.25) is 0 Å². The number of carbonyl (C=O) groups is 2. The van der Waals surface area contributed by atoms with Crippen molar-refractivity contribution in [2.45, 2.75) is 69.7 Å². The number of nitrogens with zero attached hydrogens (tertiary/aromatic N) is 4. The highest BCUT2D eigenvalue weighted by Gasteiger charge is 2.76. The number of rotatable bonds is 5. The van der Waals surface area contributed by atoms with Gasteiger partial charge in [0, 0.05) is 16.7 Å². The van der Waals surface area contributed by atoms with Crippen molar-refractivity contribution < 1.29 is 32.6 Å². The summed E-state index contributed by atoms with van der Waals surface area (Å²) in [5.74, 6) is -2.34. The minimum atomic E-state index is -2.04. The van der Waals surface area contributed by atoms with E-state index in [2.05, 4.69) is 10.1 Å². The van der Waals surface area contributed by atoms with Gasteiger partial charge in [-0.1, -0.05) is 31.2 Å². The van der Waals surface area contributed by atoms with Crippen LogP contribution in [0.5, 0.6) is 0 Å². The van der Waals surface area contributed by atoms with Crippen molar-refractivity contribution in [3.63, 3.8) is 0 Å². The summed E-state index contributed by atoms with van der Waals surface area (Å²) < 4.78 is 44.4. The van der Waals surface area contributed by atoms with Gasteiger partial charge < -0.3 is 14.3 Å². The summed E-state index contributed by atoms with van der Waals surface area (Å²) in [5, 5.41) is 25.2. The molecule has 7 atom stereocenters. The number of esters is 1. The van der Waals surface area contributed by atoms with Crippen molar-refractivity contribution in [1.82, 2.24) is 14.8 Å². The molecule has 3 aromatic rings. The number of nitriles is 1. The van der Waals surface area contributed by atoms with Gasteiger partial charge in [0.25, 0.3) is 0 Å². The van der Waals surface area contributed by atoms with Crippen LogP contribution in [0, 0.1) is 39.8 Å². The van der Waals surface area contributed by atoms with Gasteiger partial charge in [-0.15, -0.1) is 0 Å². The minimum Gasteiger partial charge on any atom is -0.451 e. The Balaban J connectivity index is 1.26. The van der Waals surface area contributed by atoms with Gasteiger partial charge >= 0.3 is 5.97 Å². The predicted molar refractivity (Wildman–Crippen MR) is 159 cm³/mol. The quantitative estimate of drug-likeness (QED) is 0.355. The third-order valence-electron chi connectivity index (χ3n) is 11.3. The molecule has 2 aromatic heterocycles. The van der Waals surface area contributed by atoms with Crippen molar-refractivity contribution in [3.8, 4) is 11.8 Å². The Morgan fingerprint density at radius 3 is 2.73 bits per heavy atom. The van der Waals surface area contributed by atoms with E-state index in [9.17, 15) is 24.3 Å². The number of hydrogen-bond acceptors (Lipinski definition) is 9. The van der Waals surface area contributed by atoms with E-state index in [0.29, 0.717) is 31.4 Å². The zero-order valence-corrected chi connectivity index (χ0v) is 25.7. The second-order valence-corrected chi connectivity index (χ2v) is 14.1. The number of carbonyl (C=O) groups excluding carboxylic acids is 2. The van der Waals surface area contributed by atoms with Crippen molar-refractivity contribution in [2.24, 2.45) is 22.7 Å². The molecule has 45 heavy (non-hydrogen) atoms. The summed E-state index contributed by atoms with van der Waals surface area (Å²) >= 11 is 0.771. The van der Waals surface area contributed by atoms with Crippen molar-refractivity contribution in [1.29, 1.82) is 5.26 Å². The monoisotopic (exact) mass is 634 g/mol. The SMILES string of the molecule is C[C@]12Cc3cnn(-c4ccc(F)cc4)c3C=C1CC[C@H]1[C@@H]3CC[C@](OC(=O)c4cocn4)(C(=O)SCC#N)[C@@]3(C)C[C@H](O)[C@@]12F. The van der Waals surface area contributed by atoms with E-state index in [4.69, 9.17) is 9.15 Å². The first-order valence-electron chi connectivity index (χ1n) is 15.0. The fourth-order valence-corrected chi connectivity index (χ4v) is 9.92. The smallest absolute Gasteiger partial charge is 0.361 e. The van der Waals surface area contributed by atoms with Gasteiger partial charge in [-0.25, -0.2) is 23.2 Å². The van der Waals surface area contributed by atoms with Gasteiger partial charge in [-0.3, -0.25) is 4.79 Å². The van der Waals surface area contributed by atoms with Crippen LogP contribution in [-0.4, -0.2) is 54.1 Å². The van der Waals surface area contributed by atoms with Crippen LogP contribution in [0.15, 0.2) is 53.1 Å². The number of thioether (sulfide) groups is 1. The Bertz CT molecular complexity index is 1750. The lowest BCUT2D eigenvalue weighted by molar-refractivity contribution is -0.222. The first-order chi connectivity index (χ1) is 21.5. The maximum atomic E-state index is 18.1. The summed E-state index contributed by atoms with van der Waals surface area (Å²) in [6.45, 7) is 3.68. The minimum absolute atomic E-state index is 0.102. The molecule has 0 bridgehead atoms. The number of aliphatic hydroxyl groups is 1. The van der Waals surface area contributed by atoms with Gasteiger partial charge in [0.2, 0.25) is 5.12 Å². The van der Waals surface area contributed by atoms with Crippen LogP contribution in [0.1, 0.15) is 67.7 Å². The molecule has 3 saturated carbocycles. The standard InChI is InChI=1S/C33H32F2N4O5S/c1-30-14-19-16-38-39(22-6-4-21(34)5-7-22)26(19)13-20(30)3-8-24-23-9-10-32(29(42)45-12-11-36,44-28(41)25-17-43-18-37-25)31(23,2)15-27(40)33(24,30)35/h4-7,13,16-18,23-24,27,40H,3,8-10,12,14-15H2,1-2H3/t23-,24-,27-,30-,31-,32-,33-/m0/s1. The van der Waals surface area contributed by atoms with Gasteiger partial charge in [0.05, 0.1) is 35.5 Å². The number of alkyl halides is 1. The van der Waals surface area contributed by atoms with Crippen molar-refractivity contribution >= 4 is 28.9 Å². The van der Waals surface area contributed by atoms with Crippen LogP contribution < -0.4 is 0 Å². The van der Waals surface area contributed by atoms with Crippen molar-refractivity contribution in [3.05, 3.63) is 71.5 Å². The van der Waals surface area contributed by atoms with E-state index in [1.54, 1.807) is 23.0 Å². The second kappa shape index (κ2) is 10.4. The third-order valence-corrected chi connectivity index (χ3v) is 12.1. The number of aromatic nitrogens is 3. The molecule has 0 radical (unpaired) electrons. The lowest BCUT2D eigenvalue weighted by atomic mass is 9.44. The molecular weight excluding hydrogens is 602 g/mol. The number of fused-ring (bicyclic) bond motifs is 6. The summed E-state index contributed by atoms with van der Waals surface area (Å²) in [6.07, 6.45) is 6.18. The Labute approximate surface area is 262 Å². The molecule has 0 spiro atoms. The Hall–Kier alpha value is -3.82. The molecule has 0 aliphatic heterocycles. The summed E-state index contributed by atoms with van der Waals surface area (Å²) in [7, 11) is 0. The number of benzene rings is 1. The predicted octanol–water partition coefficient (Wildman–Crippen LogP) is 5.62. The molecule has 7 rings (SSSR count). The van der Waals surface area contributed by atoms with Gasteiger partial charge in [-0.2, -0.15) is 10.4 Å². The summed E-state index contributed by atoms with van der Waals surface area (Å²) in [5.41, 5.74) is -2.77. The largest absolute Gasteiger partial charge is 0.451 e. The van der Waals surface area contributed by atoms with Gasteiger partial charge in [0.1, 0.15) is 17.7 Å². The zero-order chi connectivity index (χ0) is 31.8. The Morgan fingerprint density at radius 2 is 2.02 bits per heavy atom. The van der Waals surface area contributed by atoms with Gasteiger partial charge in [-0.05, 0) is 80.3 Å². The highest BCUT2D eigenvalue weighted by Crippen LogP contribution is 2.71. The molecule has 4 aliphatic rings. The molecule has 0 unspecified atom stereocenters. The number of halogens is 2. The molecule has 4 aliphatic carbocycles. The molecule has 1 N–H and O–H groups in total. The second-order valence-electron chi connectivity index (χ2n) is 13.1. The Morgan fingerprint density at radius 1 is 1.24 bits per heavy atom. The van der Waals surface area contributed by atoms with E-state index >= 15 is 4.39 Å². The lowest BCUT2D eigenvalue weighted by Crippen LogP contribution is -2.70. The van der Waals surface area contributed by atoms with Crippen LogP contribution in [0.25, 0.3) is 11.8 Å². The molecule has 0 saturated heterocycles. The normalized spacial score (nSPS) is 34.8. The van der Waals surface area contributed by atoms with E-state index in [1.165, 1.54) is 12.1 Å². The highest BCUT2D eigenvalue weighted by molar-refractivity contribution is 8.14. The van der Waals surface area contributed by atoms with Crippen LogP contribution in [0.3, 0.4) is 0 Å². The number of ether oxygens (including phenoxy) is 1. The first kappa shape index (κ1) is 29.9. The summed E-state index contributed by atoms with van der Waals surface area (Å²) in [4.78, 5) is 31.0. The molecule has 234 valence electrons. The third kappa shape index (κ3) is 4.06. The molecular formula is C33H32F2N4O5S. The number of hydrogen-bond donors (Lipinski definition) is 1. The van der Waals surface area contributed by atoms with Crippen molar-refractivity contribution in [2.75, 3.05) is 5.75 Å². The van der Waals surface area contributed by atoms with Crippen LogP contribution >= 0.6 is 11.8 Å². The molecule has 1 aromatic carbocycles. The van der Waals surface area contributed by atoms with Crippen LogP contribution in [-0.2, 0) is 16.0 Å². The van der Waals surface area contributed by atoms with E-state index in [1.807, 2.05) is 26.0 Å². The summed E-state index contributed by atoms with van der Waals surface area (Å²) in [6, 6.07) is 7.99. The molecule has 9 nitrogen and oxygen atoms in total. The van der Waals surface area contributed by atoms with E-state index < -0.39 is 45.2 Å². The maximum absolute atomic E-state index is 18.1. The highest BCUT2D eigenvalue weighted by atomic mass is 32.2. The van der Waals surface area contributed by atoms with E-state index in [0.717, 1.165) is 41.2 Å². The topological polar surface area (TPSA) is 131 Å². The lowest BCUT2D eigenvalue weighted by Gasteiger charge is -2.63. The average molecular weight is 635 g/mol. The fraction of sp³-hybridized carbons (Fsp3) is 0.485. The molecule has 3 fully saturated rings. The van der Waals surface area contributed by atoms with Gasteiger partial charge in [0.15, 0.2) is 17.7 Å². The average Bonchev–Trinajstić information content (AvgIpc) is 3.75. The number of aliphatic hydroxyl groups excluding tert-OH is 1. The molecule has 0 amide bonds. The van der Waals surface area contributed by atoms with Crippen LogP contribution in [0.4, 0.5) is 8.78 Å². The fourth-order valence-electron chi connectivity index (χ4n) is 9.11. The molecule has 12 heteroatoms. The zero-order valence-electron chi connectivity index (χ0n) is 24.8. The van der Waals surface area contributed by atoms with E-state index in [-0.39, 0.29) is 36.0 Å². The number of oxazole rings is 1. The molecule has 2 heterocycles. The first-order valence-corrected chi connectivity index (χ1v) is 16.0. The maximum Gasteiger partial charge on any atom is 0.361 e.